The van der Waals surface area contributed by atoms with Crippen LogP contribution >= 0.6 is 31.9 Å². The SMILES string of the molecule is Cc1ccc(OCC(=O)Nc2ccc(Br)cc2F)c(Br)c1. The molecule has 0 bridgehead atoms. The molecule has 1 N–H and O–H groups in total. The standard InChI is InChI=1S/C15H12Br2FNO2/c1-9-2-5-14(11(17)6-9)21-8-15(20)19-13-4-3-10(16)7-12(13)18/h2-7H,8H2,1H3,(H,19,20). The molecule has 3 nitrogen and oxygen atoms in total. The lowest BCUT2D eigenvalue weighted by Crippen LogP contribution is -2.20. The molecule has 0 saturated heterocycles. The molecule has 0 aromatic heterocycles. The zero-order valence-electron chi connectivity index (χ0n) is 11.1. The second-order valence-corrected chi connectivity index (χ2v) is 6.16. The number of hydrogen-bond donors (Lipinski definition) is 1. The number of nitrogens with one attached hydrogen (secondary N) is 1. The third-order valence-electron chi connectivity index (χ3n) is 2.65. The number of rotatable bonds is 4. The van der Waals surface area contributed by atoms with Crippen LogP contribution in [0.4, 0.5) is 10.1 Å². The molecule has 1 amide bonds. The number of halogens is 3. The van der Waals surface area contributed by atoms with Crippen LogP contribution in [0.15, 0.2) is 45.3 Å². The normalized spacial score (nSPS) is 10.3. The van der Waals surface area contributed by atoms with Crippen molar-refractivity contribution in [2.24, 2.45) is 0 Å². The van der Waals surface area contributed by atoms with Gasteiger partial charge in [0.15, 0.2) is 6.61 Å². The summed E-state index contributed by atoms with van der Waals surface area (Å²) in [6.45, 7) is 1.76. The van der Waals surface area contributed by atoms with Crippen LogP contribution in [0.2, 0.25) is 0 Å². The maximum Gasteiger partial charge on any atom is 0.262 e. The quantitative estimate of drug-likeness (QED) is 0.785. The Bertz CT molecular complexity index is 677. The van der Waals surface area contributed by atoms with Crippen molar-refractivity contribution < 1.29 is 13.9 Å². The molecule has 2 rings (SSSR count). The van der Waals surface area contributed by atoms with E-state index in [1.807, 2.05) is 19.1 Å². The van der Waals surface area contributed by atoms with Gasteiger partial charge in [0.2, 0.25) is 0 Å². The zero-order valence-corrected chi connectivity index (χ0v) is 14.3. The van der Waals surface area contributed by atoms with Gasteiger partial charge in [-0.25, -0.2) is 4.39 Å². The van der Waals surface area contributed by atoms with Crippen LogP contribution in [0, 0.1) is 12.7 Å². The van der Waals surface area contributed by atoms with Gasteiger partial charge < -0.3 is 10.1 Å². The molecule has 0 aliphatic heterocycles. The van der Waals surface area contributed by atoms with Crippen LogP contribution in [0.3, 0.4) is 0 Å². The van der Waals surface area contributed by atoms with E-state index in [2.05, 4.69) is 37.2 Å². The molecule has 21 heavy (non-hydrogen) atoms. The van der Waals surface area contributed by atoms with E-state index in [1.54, 1.807) is 12.1 Å². The molecule has 0 unspecified atom stereocenters. The lowest BCUT2D eigenvalue weighted by Gasteiger charge is -2.10. The Kier molecular flexibility index (Phi) is 5.36. The van der Waals surface area contributed by atoms with Crippen LogP contribution in [-0.4, -0.2) is 12.5 Å². The van der Waals surface area contributed by atoms with Crippen LogP contribution in [0.5, 0.6) is 5.75 Å². The van der Waals surface area contributed by atoms with Crippen molar-refractivity contribution in [1.29, 1.82) is 0 Å². The van der Waals surface area contributed by atoms with Gasteiger partial charge in [-0.1, -0.05) is 22.0 Å². The lowest BCUT2D eigenvalue weighted by atomic mass is 10.2. The third-order valence-corrected chi connectivity index (χ3v) is 3.76. The van der Waals surface area contributed by atoms with Gasteiger partial charge in [-0.15, -0.1) is 0 Å². The summed E-state index contributed by atoms with van der Waals surface area (Å²) in [6, 6.07) is 9.96. The minimum atomic E-state index is -0.505. The number of anilines is 1. The number of aryl methyl sites for hydroxylation is 1. The topological polar surface area (TPSA) is 38.3 Å². The van der Waals surface area contributed by atoms with E-state index in [1.165, 1.54) is 12.1 Å². The molecule has 0 fully saturated rings. The van der Waals surface area contributed by atoms with E-state index in [0.717, 1.165) is 10.0 Å². The number of carbonyl (C=O) groups is 1. The third kappa shape index (κ3) is 4.54. The van der Waals surface area contributed by atoms with Crippen molar-refractivity contribution in [1.82, 2.24) is 0 Å². The number of amides is 1. The fraction of sp³-hybridized carbons (Fsp3) is 0.133. The number of carbonyl (C=O) groups excluding carboxylic acids is 1. The minimum Gasteiger partial charge on any atom is -0.483 e. The summed E-state index contributed by atoms with van der Waals surface area (Å²) >= 11 is 6.52. The molecule has 0 spiro atoms. The summed E-state index contributed by atoms with van der Waals surface area (Å²) in [6.07, 6.45) is 0. The first-order valence-corrected chi connectivity index (χ1v) is 7.68. The summed E-state index contributed by atoms with van der Waals surface area (Å²) in [7, 11) is 0. The molecule has 0 atom stereocenters. The fourth-order valence-corrected chi connectivity index (χ4v) is 2.58. The van der Waals surface area contributed by atoms with Crippen molar-refractivity contribution in [3.8, 4) is 5.75 Å². The number of hydrogen-bond acceptors (Lipinski definition) is 2. The predicted octanol–water partition coefficient (Wildman–Crippen LogP) is 4.68. The Morgan fingerprint density at radius 1 is 1.24 bits per heavy atom. The summed E-state index contributed by atoms with van der Waals surface area (Å²) < 4.78 is 20.4. The lowest BCUT2D eigenvalue weighted by molar-refractivity contribution is -0.118. The van der Waals surface area contributed by atoms with Crippen LogP contribution in [0.1, 0.15) is 5.56 Å². The highest BCUT2D eigenvalue weighted by Crippen LogP contribution is 2.25. The first-order valence-electron chi connectivity index (χ1n) is 6.09. The van der Waals surface area contributed by atoms with Crippen molar-refractivity contribution >= 4 is 43.5 Å². The van der Waals surface area contributed by atoms with E-state index in [0.29, 0.717) is 10.2 Å². The largest absolute Gasteiger partial charge is 0.483 e. The molecule has 0 aliphatic carbocycles. The van der Waals surface area contributed by atoms with Gasteiger partial charge in [0, 0.05) is 4.47 Å². The van der Waals surface area contributed by atoms with Gasteiger partial charge in [0.1, 0.15) is 11.6 Å². The summed E-state index contributed by atoms with van der Waals surface area (Å²) in [5.41, 5.74) is 1.20. The zero-order chi connectivity index (χ0) is 15.4. The van der Waals surface area contributed by atoms with Crippen LogP contribution < -0.4 is 10.1 Å². The molecule has 0 saturated carbocycles. The maximum atomic E-state index is 13.6. The average molecular weight is 417 g/mol. The molecular formula is C15H12Br2FNO2. The van der Waals surface area contributed by atoms with Gasteiger partial charge in [-0.05, 0) is 58.7 Å². The van der Waals surface area contributed by atoms with E-state index < -0.39 is 11.7 Å². The van der Waals surface area contributed by atoms with Crippen molar-refractivity contribution in [2.75, 3.05) is 11.9 Å². The monoisotopic (exact) mass is 415 g/mol. The molecule has 110 valence electrons. The van der Waals surface area contributed by atoms with Crippen molar-refractivity contribution in [3.05, 3.63) is 56.7 Å². The molecule has 6 heteroatoms. The summed E-state index contributed by atoms with van der Waals surface area (Å²) in [5.74, 6) is -0.370. The Morgan fingerprint density at radius 2 is 2.00 bits per heavy atom. The highest BCUT2D eigenvalue weighted by molar-refractivity contribution is 9.10. The van der Waals surface area contributed by atoms with Crippen LogP contribution in [0.25, 0.3) is 0 Å². The Balaban J connectivity index is 1.96. The van der Waals surface area contributed by atoms with E-state index >= 15 is 0 Å². The van der Waals surface area contributed by atoms with Gasteiger partial charge in [0.05, 0.1) is 10.2 Å². The first kappa shape index (κ1) is 16.0. The number of benzene rings is 2. The van der Waals surface area contributed by atoms with Crippen molar-refractivity contribution in [3.63, 3.8) is 0 Å². The van der Waals surface area contributed by atoms with E-state index in [9.17, 15) is 9.18 Å². The van der Waals surface area contributed by atoms with E-state index in [-0.39, 0.29) is 12.3 Å². The predicted molar refractivity (Wildman–Crippen MR) is 87.1 cm³/mol. The highest BCUT2D eigenvalue weighted by Gasteiger charge is 2.09. The minimum absolute atomic E-state index is 0.120. The molecule has 2 aromatic carbocycles. The summed E-state index contributed by atoms with van der Waals surface area (Å²) in [5, 5.41) is 2.46. The molecular weight excluding hydrogens is 405 g/mol. The van der Waals surface area contributed by atoms with Crippen molar-refractivity contribution in [2.45, 2.75) is 6.92 Å². The second-order valence-electron chi connectivity index (χ2n) is 4.39. The average Bonchev–Trinajstić information content (AvgIpc) is 2.41. The molecule has 0 radical (unpaired) electrons. The Labute approximate surface area is 138 Å². The second kappa shape index (κ2) is 7.04. The smallest absolute Gasteiger partial charge is 0.262 e. The first-order chi connectivity index (χ1) is 9.95. The maximum absolute atomic E-state index is 13.6. The fourth-order valence-electron chi connectivity index (χ4n) is 1.64. The molecule has 2 aromatic rings. The summed E-state index contributed by atoms with van der Waals surface area (Å²) in [4.78, 5) is 11.8. The van der Waals surface area contributed by atoms with Gasteiger partial charge in [0.25, 0.3) is 5.91 Å². The van der Waals surface area contributed by atoms with E-state index in [4.69, 9.17) is 4.74 Å². The molecule has 0 heterocycles. The van der Waals surface area contributed by atoms with Gasteiger partial charge >= 0.3 is 0 Å². The van der Waals surface area contributed by atoms with Gasteiger partial charge in [-0.3, -0.25) is 4.79 Å². The number of ether oxygens (including phenoxy) is 1. The Morgan fingerprint density at radius 3 is 2.67 bits per heavy atom. The highest BCUT2D eigenvalue weighted by atomic mass is 79.9. The van der Waals surface area contributed by atoms with Crippen LogP contribution in [-0.2, 0) is 4.79 Å². The Hall–Kier alpha value is -1.40. The molecule has 0 aliphatic rings. The van der Waals surface area contributed by atoms with Gasteiger partial charge in [-0.2, -0.15) is 0 Å².